The van der Waals surface area contributed by atoms with Crippen molar-refractivity contribution in [3.05, 3.63) is 35.6 Å². The Morgan fingerprint density at radius 2 is 2.09 bits per heavy atom. The summed E-state index contributed by atoms with van der Waals surface area (Å²) in [6.07, 6.45) is 4.51. The number of benzene rings is 1. The number of ether oxygens (including phenoxy) is 2. The molecule has 3 rings (SSSR count). The van der Waals surface area contributed by atoms with Crippen molar-refractivity contribution >= 4 is 0 Å². The van der Waals surface area contributed by atoms with Crippen molar-refractivity contribution in [3.63, 3.8) is 0 Å². The number of hydrogen-bond acceptors (Lipinski definition) is 3. The number of nitrogens with zero attached hydrogens (tertiary/aromatic N) is 1. The van der Waals surface area contributed by atoms with E-state index in [0.29, 0.717) is 12.0 Å². The molecule has 0 unspecified atom stereocenters. The third kappa shape index (κ3) is 3.86. The first kappa shape index (κ1) is 15.9. The molecule has 0 aliphatic carbocycles. The van der Waals surface area contributed by atoms with E-state index in [-0.39, 0.29) is 11.9 Å². The molecule has 2 saturated heterocycles. The maximum absolute atomic E-state index is 13.4. The van der Waals surface area contributed by atoms with E-state index in [1.54, 1.807) is 19.2 Å². The van der Waals surface area contributed by atoms with Gasteiger partial charge in [0, 0.05) is 32.9 Å². The first-order chi connectivity index (χ1) is 10.8. The van der Waals surface area contributed by atoms with Crippen LogP contribution in [0.25, 0.3) is 0 Å². The minimum absolute atomic E-state index is 0.147. The van der Waals surface area contributed by atoms with Crippen LogP contribution >= 0.6 is 0 Å². The highest BCUT2D eigenvalue weighted by Gasteiger charge is 2.33. The van der Waals surface area contributed by atoms with Crippen LogP contribution < -0.4 is 0 Å². The Morgan fingerprint density at radius 1 is 1.27 bits per heavy atom. The van der Waals surface area contributed by atoms with Gasteiger partial charge in [0.15, 0.2) is 0 Å². The molecule has 2 heterocycles. The van der Waals surface area contributed by atoms with Crippen LogP contribution in [0, 0.1) is 11.7 Å². The van der Waals surface area contributed by atoms with Crippen molar-refractivity contribution in [3.8, 4) is 0 Å². The number of likely N-dealkylation sites (tertiary alicyclic amines) is 1. The first-order valence-electron chi connectivity index (χ1n) is 8.35. The predicted molar refractivity (Wildman–Crippen MR) is 84.4 cm³/mol. The van der Waals surface area contributed by atoms with Crippen LogP contribution in [0.15, 0.2) is 24.3 Å². The Hall–Kier alpha value is -0.970. The molecule has 2 fully saturated rings. The van der Waals surface area contributed by atoms with Crippen LogP contribution in [-0.2, 0) is 15.9 Å². The molecule has 3 nitrogen and oxygen atoms in total. The fourth-order valence-electron chi connectivity index (χ4n) is 3.84. The summed E-state index contributed by atoms with van der Waals surface area (Å²) < 4.78 is 24.6. The van der Waals surface area contributed by atoms with E-state index in [4.69, 9.17) is 9.47 Å². The van der Waals surface area contributed by atoms with Gasteiger partial charge >= 0.3 is 0 Å². The molecule has 0 amide bonds. The minimum Gasteiger partial charge on any atom is -0.381 e. The molecular formula is C18H26FNO2. The van der Waals surface area contributed by atoms with Crippen molar-refractivity contribution in [2.45, 2.75) is 37.8 Å². The van der Waals surface area contributed by atoms with Crippen LogP contribution in [0.4, 0.5) is 4.39 Å². The van der Waals surface area contributed by atoms with E-state index in [0.717, 1.165) is 57.6 Å². The zero-order chi connectivity index (χ0) is 15.4. The summed E-state index contributed by atoms with van der Waals surface area (Å²) in [4.78, 5) is 2.57. The van der Waals surface area contributed by atoms with E-state index in [9.17, 15) is 4.39 Å². The third-order valence-corrected chi connectivity index (χ3v) is 5.12. The second-order valence-electron chi connectivity index (χ2n) is 6.50. The van der Waals surface area contributed by atoms with Gasteiger partial charge in [0.1, 0.15) is 5.82 Å². The number of halogens is 1. The zero-order valence-electron chi connectivity index (χ0n) is 13.3. The van der Waals surface area contributed by atoms with Crippen LogP contribution in [0.1, 0.15) is 24.8 Å². The molecule has 0 N–H and O–H groups in total. The highest BCUT2D eigenvalue weighted by Crippen LogP contribution is 2.27. The molecule has 22 heavy (non-hydrogen) atoms. The summed E-state index contributed by atoms with van der Waals surface area (Å²) in [6, 6.07) is 7.61. The highest BCUT2D eigenvalue weighted by molar-refractivity contribution is 5.17. The Bertz CT molecular complexity index is 476. The molecule has 122 valence electrons. The van der Waals surface area contributed by atoms with Gasteiger partial charge in [-0.3, -0.25) is 4.90 Å². The second kappa shape index (κ2) is 7.53. The Labute approximate surface area is 132 Å². The molecular weight excluding hydrogens is 281 g/mol. The van der Waals surface area contributed by atoms with Crippen LogP contribution in [-0.4, -0.2) is 50.5 Å². The maximum atomic E-state index is 13.4. The molecule has 0 bridgehead atoms. The third-order valence-electron chi connectivity index (χ3n) is 5.12. The standard InChI is InChI=1S/C18H26FNO2/c1-21-18-13-20(17-6-9-22-10-7-17)8-5-15(18)11-14-3-2-4-16(19)12-14/h2-4,12,15,17-18H,5-11,13H2,1H3/t15-,18-/m1/s1. The molecule has 1 aromatic carbocycles. The topological polar surface area (TPSA) is 21.7 Å². The second-order valence-corrected chi connectivity index (χ2v) is 6.50. The number of rotatable bonds is 4. The van der Waals surface area contributed by atoms with E-state index < -0.39 is 0 Å². The van der Waals surface area contributed by atoms with E-state index in [2.05, 4.69) is 4.90 Å². The summed E-state index contributed by atoms with van der Waals surface area (Å²) in [7, 11) is 1.80. The lowest BCUT2D eigenvalue weighted by molar-refractivity contribution is -0.0449. The maximum Gasteiger partial charge on any atom is 0.123 e. The molecule has 0 saturated carbocycles. The van der Waals surface area contributed by atoms with Crippen molar-refractivity contribution in [1.82, 2.24) is 4.90 Å². The smallest absolute Gasteiger partial charge is 0.123 e. The SMILES string of the molecule is CO[C@@H]1CN(C2CCOCC2)CC[C@@H]1Cc1cccc(F)c1. The average molecular weight is 307 g/mol. The molecule has 2 atom stereocenters. The highest BCUT2D eigenvalue weighted by atomic mass is 19.1. The number of methoxy groups -OCH3 is 1. The van der Waals surface area contributed by atoms with E-state index in [1.165, 1.54) is 6.07 Å². The van der Waals surface area contributed by atoms with Gasteiger partial charge in [-0.1, -0.05) is 12.1 Å². The van der Waals surface area contributed by atoms with E-state index >= 15 is 0 Å². The van der Waals surface area contributed by atoms with Crippen LogP contribution in [0.2, 0.25) is 0 Å². The molecule has 0 spiro atoms. The quantitative estimate of drug-likeness (QED) is 0.854. The van der Waals surface area contributed by atoms with Gasteiger partial charge in [0.2, 0.25) is 0 Å². The van der Waals surface area contributed by atoms with Gasteiger partial charge in [0.25, 0.3) is 0 Å². The van der Waals surface area contributed by atoms with Crippen LogP contribution in [0.3, 0.4) is 0 Å². The largest absolute Gasteiger partial charge is 0.381 e. The Balaban J connectivity index is 1.60. The fraction of sp³-hybridized carbons (Fsp3) is 0.667. The molecule has 4 heteroatoms. The van der Waals surface area contributed by atoms with Gasteiger partial charge in [0.05, 0.1) is 6.10 Å². The number of hydrogen-bond donors (Lipinski definition) is 0. The van der Waals surface area contributed by atoms with Gasteiger partial charge in [-0.25, -0.2) is 4.39 Å². The fourth-order valence-corrected chi connectivity index (χ4v) is 3.84. The van der Waals surface area contributed by atoms with Gasteiger partial charge in [-0.05, 0) is 55.8 Å². The predicted octanol–water partition coefficient (Wildman–Crippen LogP) is 2.88. The van der Waals surface area contributed by atoms with Crippen molar-refractivity contribution in [2.75, 3.05) is 33.4 Å². The lowest BCUT2D eigenvalue weighted by Gasteiger charge is -2.43. The van der Waals surface area contributed by atoms with Gasteiger partial charge < -0.3 is 9.47 Å². The Kier molecular flexibility index (Phi) is 5.45. The molecule has 2 aliphatic heterocycles. The van der Waals surface area contributed by atoms with Crippen molar-refractivity contribution in [1.29, 1.82) is 0 Å². The van der Waals surface area contributed by atoms with Crippen molar-refractivity contribution in [2.24, 2.45) is 5.92 Å². The van der Waals surface area contributed by atoms with E-state index in [1.807, 2.05) is 6.07 Å². The number of piperidine rings is 1. The normalized spacial score (nSPS) is 27.9. The monoisotopic (exact) mass is 307 g/mol. The summed E-state index contributed by atoms with van der Waals surface area (Å²) in [5, 5.41) is 0. The van der Waals surface area contributed by atoms with Crippen molar-refractivity contribution < 1.29 is 13.9 Å². The average Bonchev–Trinajstić information content (AvgIpc) is 2.56. The first-order valence-corrected chi connectivity index (χ1v) is 8.35. The zero-order valence-corrected chi connectivity index (χ0v) is 13.3. The molecule has 1 aromatic rings. The molecule has 0 radical (unpaired) electrons. The summed E-state index contributed by atoms with van der Waals surface area (Å²) in [5.74, 6) is 0.328. The molecule has 0 aromatic heterocycles. The molecule has 2 aliphatic rings. The summed E-state index contributed by atoms with van der Waals surface area (Å²) in [5.41, 5.74) is 1.08. The minimum atomic E-state index is -0.147. The van der Waals surface area contributed by atoms with Gasteiger partial charge in [-0.2, -0.15) is 0 Å². The lowest BCUT2D eigenvalue weighted by atomic mass is 9.86. The van der Waals surface area contributed by atoms with Gasteiger partial charge in [-0.15, -0.1) is 0 Å². The van der Waals surface area contributed by atoms with Crippen LogP contribution in [0.5, 0.6) is 0 Å². The summed E-state index contributed by atoms with van der Waals surface area (Å²) >= 11 is 0. The lowest BCUT2D eigenvalue weighted by Crippen LogP contribution is -2.51. The Morgan fingerprint density at radius 3 is 2.82 bits per heavy atom. The summed E-state index contributed by atoms with van der Waals surface area (Å²) in [6.45, 7) is 3.86.